The first-order chi connectivity index (χ1) is 18.3. The maximum absolute atomic E-state index is 11.0. The summed E-state index contributed by atoms with van der Waals surface area (Å²) >= 11 is 0. The molecule has 4 aromatic rings. The van der Waals surface area contributed by atoms with Gasteiger partial charge in [0.1, 0.15) is 0 Å². The topological polar surface area (TPSA) is 135 Å². The summed E-state index contributed by atoms with van der Waals surface area (Å²) in [6.45, 7) is 9.42. The molecular formula is C26H28F3N5O5. The van der Waals surface area contributed by atoms with Crippen LogP contribution in [-0.4, -0.2) is 66.2 Å². The van der Waals surface area contributed by atoms with Gasteiger partial charge in [0, 0.05) is 29.1 Å². The van der Waals surface area contributed by atoms with Crippen LogP contribution in [0.2, 0.25) is 0 Å². The fourth-order valence-electron chi connectivity index (χ4n) is 3.85. The molecule has 2 heterocycles. The van der Waals surface area contributed by atoms with Gasteiger partial charge in [-0.3, -0.25) is 14.4 Å². The minimum absolute atomic E-state index is 0.0198. The quantitative estimate of drug-likeness (QED) is 0.306. The lowest BCUT2D eigenvalue weighted by atomic mass is 10.0. The van der Waals surface area contributed by atoms with Crippen molar-refractivity contribution in [1.29, 1.82) is 0 Å². The van der Waals surface area contributed by atoms with Crippen LogP contribution in [0.15, 0.2) is 47.1 Å². The van der Waals surface area contributed by atoms with Crippen molar-refractivity contribution in [3.63, 3.8) is 0 Å². The number of likely N-dealkylation sites (N-methyl/N-ethyl adjacent to an activating group) is 1. The van der Waals surface area contributed by atoms with Gasteiger partial charge in [0.25, 0.3) is 5.89 Å². The average Bonchev–Trinajstić information content (AvgIpc) is 3.50. The Kier molecular flexibility index (Phi) is 9.07. The highest BCUT2D eigenvalue weighted by atomic mass is 19.4. The number of fused-ring (bicyclic) bond motifs is 1. The highest BCUT2D eigenvalue weighted by Gasteiger charge is 2.38. The number of carboxylic acid groups (broad SMARTS) is 2. The first-order valence-corrected chi connectivity index (χ1v) is 12.0. The Balaban J connectivity index is 0.000000532. The molecule has 4 rings (SSSR count). The predicted octanol–water partition coefficient (Wildman–Crippen LogP) is 5.18. The normalized spacial score (nSPS) is 11.6. The maximum atomic E-state index is 11.0. The molecule has 0 aliphatic heterocycles. The molecule has 0 radical (unpaired) electrons. The number of carbonyl (C=O) groups is 2. The lowest BCUT2D eigenvalue weighted by molar-refractivity contribution is -0.192. The molecule has 10 nitrogen and oxygen atoms in total. The Labute approximate surface area is 221 Å². The fourth-order valence-corrected chi connectivity index (χ4v) is 3.85. The molecule has 0 aliphatic rings. The average molecular weight is 548 g/mol. The summed E-state index contributed by atoms with van der Waals surface area (Å²) in [6, 6.07) is 12.3. The summed E-state index contributed by atoms with van der Waals surface area (Å²) in [7, 11) is 0. The van der Waals surface area contributed by atoms with E-state index in [4.69, 9.17) is 19.5 Å². The maximum Gasteiger partial charge on any atom is 0.490 e. The van der Waals surface area contributed by atoms with Gasteiger partial charge in [-0.05, 0) is 56.6 Å². The molecule has 0 bridgehead atoms. The minimum Gasteiger partial charge on any atom is -0.480 e. The van der Waals surface area contributed by atoms with E-state index in [0.29, 0.717) is 24.8 Å². The fraction of sp³-hybridized carbons (Fsp3) is 0.346. The highest BCUT2D eigenvalue weighted by Crippen LogP contribution is 2.28. The molecule has 0 saturated carbocycles. The van der Waals surface area contributed by atoms with Crippen LogP contribution in [0.4, 0.5) is 13.2 Å². The Bertz CT molecular complexity index is 1460. The standard InChI is InChI=1S/C24H27N5O3.C2HF3O2/c1-5-28(14-22(30)31)13-17-6-8-20(16(4)10-17)23-26-24(32-27-23)18-7-9-21-19(11-18)12-25-29(21)15(2)3;3-2(4,5)1(6)7/h6-12,15H,5,13-14H2,1-4H3,(H,30,31);(H,6,7). The molecule has 0 aliphatic carbocycles. The lowest BCUT2D eigenvalue weighted by Crippen LogP contribution is -2.29. The molecule has 39 heavy (non-hydrogen) atoms. The molecule has 208 valence electrons. The van der Waals surface area contributed by atoms with E-state index in [0.717, 1.165) is 33.2 Å². The zero-order valence-corrected chi connectivity index (χ0v) is 21.7. The summed E-state index contributed by atoms with van der Waals surface area (Å²) in [5, 5.41) is 25.8. The van der Waals surface area contributed by atoms with Crippen LogP contribution in [0.3, 0.4) is 0 Å². The van der Waals surface area contributed by atoms with Crippen LogP contribution in [0, 0.1) is 6.92 Å². The van der Waals surface area contributed by atoms with E-state index in [1.807, 2.05) is 66.0 Å². The number of aromatic nitrogens is 4. The molecule has 2 aromatic carbocycles. The number of hydrogen-bond acceptors (Lipinski definition) is 7. The van der Waals surface area contributed by atoms with Crippen molar-refractivity contribution in [2.45, 2.75) is 46.5 Å². The van der Waals surface area contributed by atoms with Crippen molar-refractivity contribution in [1.82, 2.24) is 24.8 Å². The number of benzene rings is 2. The molecule has 0 saturated heterocycles. The minimum atomic E-state index is -5.08. The van der Waals surface area contributed by atoms with Gasteiger partial charge in [-0.15, -0.1) is 0 Å². The Morgan fingerprint density at radius 2 is 1.82 bits per heavy atom. The number of aryl methyl sites for hydroxylation is 1. The Morgan fingerprint density at radius 1 is 1.13 bits per heavy atom. The van der Waals surface area contributed by atoms with E-state index in [2.05, 4.69) is 29.1 Å². The summed E-state index contributed by atoms with van der Waals surface area (Å²) in [6.07, 6.45) is -3.23. The third-order valence-electron chi connectivity index (χ3n) is 5.74. The molecule has 2 aromatic heterocycles. The number of carboxylic acids is 2. The lowest BCUT2D eigenvalue weighted by Gasteiger charge is -2.18. The number of halogens is 3. The van der Waals surface area contributed by atoms with E-state index < -0.39 is 18.1 Å². The third-order valence-corrected chi connectivity index (χ3v) is 5.74. The van der Waals surface area contributed by atoms with Gasteiger partial charge in [-0.25, -0.2) is 4.79 Å². The van der Waals surface area contributed by atoms with Gasteiger partial charge in [0.05, 0.1) is 18.3 Å². The van der Waals surface area contributed by atoms with Gasteiger partial charge in [0.15, 0.2) is 0 Å². The number of nitrogens with zero attached hydrogens (tertiary/aromatic N) is 5. The second-order valence-electron chi connectivity index (χ2n) is 9.03. The van der Waals surface area contributed by atoms with E-state index in [1.165, 1.54) is 0 Å². The van der Waals surface area contributed by atoms with E-state index in [-0.39, 0.29) is 12.6 Å². The molecule has 0 unspecified atom stereocenters. The zero-order valence-electron chi connectivity index (χ0n) is 21.7. The molecule has 0 atom stereocenters. The number of rotatable bonds is 8. The van der Waals surface area contributed by atoms with E-state index in [9.17, 15) is 18.0 Å². The van der Waals surface area contributed by atoms with Crippen molar-refractivity contribution in [2.75, 3.05) is 13.1 Å². The van der Waals surface area contributed by atoms with Crippen molar-refractivity contribution < 1.29 is 37.5 Å². The van der Waals surface area contributed by atoms with Gasteiger partial charge >= 0.3 is 18.1 Å². The van der Waals surface area contributed by atoms with Crippen molar-refractivity contribution in [2.24, 2.45) is 0 Å². The number of hydrogen-bond donors (Lipinski definition) is 2. The van der Waals surface area contributed by atoms with Crippen molar-refractivity contribution >= 4 is 22.8 Å². The second-order valence-corrected chi connectivity index (χ2v) is 9.03. The van der Waals surface area contributed by atoms with Crippen LogP contribution in [0.25, 0.3) is 33.7 Å². The molecule has 2 N–H and O–H groups in total. The Hall–Kier alpha value is -4.26. The van der Waals surface area contributed by atoms with Crippen LogP contribution >= 0.6 is 0 Å². The zero-order chi connectivity index (χ0) is 28.9. The third kappa shape index (κ3) is 7.41. The summed E-state index contributed by atoms with van der Waals surface area (Å²) in [5.41, 5.74) is 4.86. The van der Waals surface area contributed by atoms with Crippen LogP contribution in [0.5, 0.6) is 0 Å². The van der Waals surface area contributed by atoms with Gasteiger partial charge in [-0.1, -0.05) is 30.3 Å². The van der Waals surface area contributed by atoms with Crippen LogP contribution < -0.4 is 0 Å². The summed E-state index contributed by atoms with van der Waals surface area (Å²) in [4.78, 5) is 26.4. The van der Waals surface area contributed by atoms with Gasteiger partial charge in [-0.2, -0.15) is 23.3 Å². The van der Waals surface area contributed by atoms with E-state index >= 15 is 0 Å². The number of aliphatic carboxylic acids is 2. The first-order valence-electron chi connectivity index (χ1n) is 12.0. The first kappa shape index (κ1) is 29.3. The predicted molar refractivity (Wildman–Crippen MR) is 136 cm³/mol. The smallest absolute Gasteiger partial charge is 0.480 e. The summed E-state index contributed by atoms with van der Waals surface area (Å²) < 4.78 is 39.3. The molecule has 0 amide bonds. The van der Waals surface area contributed by atoms with Gasteiger partial charge < -0.3 is 14.7 Å². The summed E-state index contributed by atoms with van der Waals surface area (Å²) in [5.74, 6) is -2.59. The second kappa shape index (κ2) is 12.1. The van der Waals surface area contributed by atoms with E-state index in [1.54, 1.807) is 0 Å². The van der Waals surface area contributed by atoms with Crippen molar-refractivity contribution in [3.05, 3.63) is 53.7 Å². The molecule has 13 heteroatoms. The SMILES string of the molecule is CCN(CC(=O)O)Cc1ccc(-c2noc(-c3ccc4c(cnn4C(C)C)c3)n2)c(C)c1.O=C(O)C(F)(F)F. The monoisotopic (exact) mass is 547 g/mol. The Morgan fingerprint density at radius 3 is 2.38 bits per heavy atom. The molecule has 0 spiro atoms. The van der Waals surface area contributed by atoms with Crippen LogP contribution in [-0.2, 0) is 16.1 Å². The van der Waals surface area contributed by atoms with Crippen LogP contribution in [0.1, 0.15) is 37.9 Å². The van der Waals surface area contributed by atoms with Gasteiger partial charge in [0.2, 0.25) is 5.82 Å². The largest absolute Gasteiger partial charge is 0.490 e. The highest BCUT2D eigenvalue weighted by molar-refractivity contribution is 5.83. The molecular weight excluding hydrogens is 519 g/mol. The number of alkyl halides is 3. The molecule has 0 fully saturated rings. The van der Waals surface area contributed by atoms with Crippen molar-refractivity contribution in [3.8, 4) is 22.8 Å².